The molecule has 29 heavy (non-hydrogen) atoms. The maximum atomic E-state index is 12.8. The van der Waals surface area contributed by atoms with Gasteiger partial charge in [0.05, 0.1) is 10.0 Å². The van der Waals surface area contributed by atoms with Crippen LogP contribution >= 0.6 is 23.2 Å². The van der Waals surface area contributed by atoms with Gasteiger partial charge in [0.15, 0.2) is 0 Å². The first kappa shape index (κ1) is 21.6. The second-order valence-corrected chi connectivity index (χ2v) is 11.4. The normalized spacial score (nSPS) is 12.1. The fourth-order valence-electron chi connectivity index (χ4n) is 3.00. The molecule has 0 saturated heterocycles. The van der Waals surface area contributed by atoms with Gasteiger partial charge in [-0.3, -0.25) is 9.00 Å². The van der Waals surface area contributed by atoms with Crippen LogP contribution in [0.2, 0.25) is 10.0 Å². The molecule has 0 atom stereocenters. The highest BCUT2D eigenvalue weighted by Crippen LogP contribution is 2.31. The number of halogens is 2. The number of rotatable bonds is 5. The summed E-state index contributed by atoms with van der Waals surface area (Å²) in [5.74, 6) is 0.573. The Bertz CT molecular complexity index is 1150. The molecule has 0 spiro atoms. The van der Waals surface area contributed by atoms with Crippen LogP contribution in [0, 0.1) is 6.92 Å². The van der Waals surface area contributed by atoms with Crippen molar-refractivity contribution in [2.45, 2.75) is 18.4 Å². The van der Waals surface area contributed by atoms with Gasteiger partial charge in [-0.15, -0.1) is 0 Å². The first-order valence-corrected chi connectivity index (χ1v) is 12.4. The van der Waals surface area contributed by atoms with Crippen LogP contribution < -0.4 is 10.3 Å². The molecule has 7 heteroatoms. The summed E-state index contributed by atoms with van der Waals surface area (Å²) in [6.07, 6.45) is 5.20. The van der Waals surface area contributed by atoms with Crippen LogP contribution in [-0.4, -0.2) is 21.3 Å². The van der Waals surface area contributed by atoms with Gasteiger partial charge in [0.1, 0.15) is 12.4 Å². The Morgan fingerprint density at radius 3 is 2.45 bits per heavy atom. The van der Waals surface area contributed by atoms with Gasteiger partial charge < -0.3 is 9.30 Å². The fourth-order valence-corrected chi connectivity index (χ4v) is 4.26. The lowest BCUT2D eigenvalue weighted by Crippen LogP contribution is -2.18. The van der Waals surface area contributed by atoms with Gasteiger partial charge in [0.25, 0.3) is 5.56 Å². The molecule has 4 nitrogen and oxygen atoms in total. The third-order valence-electron chi connectivity index (χ3n) is 4.63. The zero-order chi connectivity index (χ0) is 21.3. The summed E-state index contributed by atoms with van der Waals surface area (Å²) in [5.41, 5.74) is 3.04. The van der Waals surface area contributed by atoms with Crippen molar-refractivity contribution in [3.63, 3.8) is 0 Å². The molecule has 0 unspecified atom stereocenters. The molecule has 3 rings (SSSR count). The van der Waals surface area contributed by atoms with Crippen LogP contribution in [0.3, 0.4) is 0 Å². The molecule has 1 heterocycles. The smallest absolute Gasteiger partial charge is 0.253 e. The summed E-state index contributed by atoms with van der Waals surface area (Å²) in [5, 5.41) is 0.922. The molecule has 1 aromatic heterocycles. The third kappa shape index (κ3) is 4.92. The largest absolute Gasteiger partial charge is 0.489 e. The molecule has 0 aliphatic rings. The molecule has 0 aliphatic heterocycles. The number of thiol groups is 1. The standard InChI is InChI=1S/C22H23Cl2NO3S/c1-14-8-17(12-25(2)22(14)26)16-9-18(11-19(10-16)29(3,4)27)28-13-15-6-5-7-20(23)21(15)24/h5-12,29H,13H2,1-4H3. The summed E-state index contributed by atoms with van der Waals surface area (Å²) >= 11 is 12.3. The van der Waals surface area contributed by atoms with E-state index in [1.165, 1.54) is 0 Å². The van der Waals surface area contributed by atoms with E-state index in [4.69, 9.17) is 27.9 Å². The molecular weight excluding hydrogens is 429 g/mol. The molecular formula is C22H23Cl2NO3S. The topological polar surface area (TPSA) is 48.3 Å². The van der Waals surface area contributed by atoms with Crippen LogP contribution in [0.25, 0.3) is 11.1 Å². The van der Waals surface area contributed by atoms with Crippen molar-refractivity contribution in [1.82, 2.24) is 4.57 Å². The molecule has 2 aromatic carbocycles. The second kappa shape index (κ2) is 8.34. The quantitative estimate of drug-likeness (QED) is 0.562. The number of hydrogen-bond acceptors (Lipinski definition) is 3. The van der Waals surface area contributed by atoms with Crippen molar-refractivity contribution in [3.05, 3.63) is 80.2 Å². The van der Waals surface area contributed by atoms with Gasteiger partial charge in [-0.2, -0.15) is 0 Å². The fraction of sp³-hybridized carbons (Fsp3) is 0.227. The third-order valence-corrected chi connectivity index (χ3v) is 6.99. The van der Waals surface area contributed by atoms with Gasteiger partial charge in [0, 0.05) is 29.3 Å². The highest BCUT2D eigenvalue weighted by molar-refractivity contribution is 8.01. The van der Waals surface area contributed by atoms with E-state index in [1.54, 1.807) is 49.4 Å². The van der Waals surface area contributed by atoms with E-state index >= 15 is 0 Å². The van der Waals surface area contributed by atoms with Gasteiger partial charge >= 0.3 is 0 Å². The Labute approximate surface area is 181 Å². The monoisotopic (exact) mass is 451 g/mol. The van der Waals surface area contributed by atoms with Crippen LogP contribution in [-0.2, 0) is 23.6 Å². The SMILES string of the molecule is Cc1cc(-c2cc(OCc3cccc(Cl)c3Cl)cc([SH](C)(C)=O)c2)cn(C)c1=O. The number of pyridine rings is 1. The minimum atomic E-state index is -2.53. The van der Waals surface area contributed by atoms with Crippen molar-refractivity contribution in [3.8, 4) is 16.9 Å². The number of ether oxygens (including phenoxy) is 1. The van der Waals surface area contributed by atoms with E-state index in [-0.39, 0.29) is 12.2 Å². The van der Waals surface area contributed by atoms with Crippen molar-refractivity contribution in [2.24, 2.45) is 7.05 Å². The van der Waals surface area contributed by atoms with Crippen molar-refractivity contribution >= 4 is 33.1 Å². The Hall–Kier alpha value is -2.08. The summed E-state index contributed by atoms with van der Waals surface area (Å²) in [4.78, 5) is 12.7. The molecule has 0 amide bonds. The van der Waals surface area contributed by atoms with Gasteiger partial charge in [-0.05, 0) is 60.9 Å². The molecule has 0 bridgehead atoms. The van der Waals surface area contributed by atoms with Crippen molar-refractivity contribution in [1.29, 1.82) is 0 Å². The average Bonchev–Trinajstić information content (AvgIpc) is 2.66. The van der Waals surface area contributed by atoms with Crippen LogP contribution in [0.1, 0.15) is 11.1 Å². The Kier molecular flexibility index (Phi) is 6.22. The summed E-state index contributed by atoms with van der Waals surface area (Å²) in [7, 11) is -0.820. The first-order valence-electron chi connectivity index (χ1n) is 9.00. The maximum absolute atomic E-state index is 12.8. The average molecular weight is 452 g/mol. The van der Waals surface area contributed by atoms with Crippen LogP contribution in [0.4, 0.5) is 0 Å². The molecule has 0 radical (unpaired) electrons. The second-order valence-electron chi connectivity index (χ2n) is 7.40. The zero-order valence-corrected chi connectivity index (χ0v) is 19.1. The minimum absolute atomic E-state index is 0.0476. The molecule has 0 aliphatic carbocycles. The lowest BCUT2D eigenvalue weighted by Gasteiger charge is -2.17. The summed E-state index contributed by atoms with van der Waals surface area (Å²) in [6, 6.07) is 12.8. The summed E-state index contributed by atoms with van der Waals surface area (Å²) < 4.78 is 20.3. The molecule has 0 saturated carbocycles. The van der Waals surface area contributed by atoms with Gasteiger partial charge in [-0.25, -0.2) is 0 Å². The first-order chi connectivity index (χ1) is 13.6. The minimum Gasteiger partial charge on any atom is -0.489 e. The Balaban J connectivity index is 2.04. The van der Waals surface area contributed by atoms with Crippen molar-refractivity contribution in [2.75, 3.05) is 12.5 Å². The lowest BCUT2D eigenvalue weighted by molar-refractivity contribution is 0.305. The lowest BCUT2D eigenvalue weighted by atomic mass is 10.1. The van der Waals surface area contributed by atoms with E-state index in [2.05, 4.69) is 0 Å². The van der Waals surface area contributed by atoms with E-state index in [1.807, 2.05) is 30.3 Å². The Morgan fingerprint density at radius 1 is 1.07 bits per heavy atom. The van der Waals surface area contributed by atoms with E-state index in [0.29, 0.717) is 26.3 Å². The van der Waals surface area contributed by atoms with Gasteiger partial charge in [0.2, 0.25) is 0 Å². The molecule has 154 valence electrons. The molecule has 0 N–H and O–H groups in total. The summed E-state index contributed by atoms with van der Waals surface area (Å²) in [6.45, 7) is 2.01. The maximum Gasteiger partial charge on any atom is 0.253 e. The van der Waals surface area contributed by atoms with E-state index < -0.39 is 9.93 Å². The predicted molar refractivity (Wildman–Crippen MR) is 122 cm³/mol. The molecule has 0 fully saturated rings. The van der Waals surface area contributed by atoms with Crippen LogP contribution in [0.5, 0.6) is 5.75 Å². The predicted octanol–water partition coefficient (Wildman–Crippen LogP) is 4.88. The van der Waals surface area contributed by atoms with E-state index in [9.17, 15) is 9.00 Å². The molecule has 3 aromatic rings. The van der Waals surface area contributed by atoms with Crippen molar-refractivity contribution < 1.29 is 8.95 Å². The van der Waals surface area contributed by atoms with E-state index in [0.717, 1.165) is 16.7 Å². The number of nitrogens with zero attached hydrogens (tertiary/aromatic N) is 1. The van der Waals surface area contributed by atoms with Crippen LogP contribution in [0.15, 0.2) is 58.4 Å². The van der Waals surface area contributed by atoms with Gasteiger partial charge in [-0.1, -0.05) is 45.3 Å². The zero-order valence-electron chi connectivity index (χ0n) is 16.7. The number of aromatic nitrogens is 1. The number of hydrogen-bond donors (Lipinski definition) is 1. The number of aryl methyl sites for hydroxylation is 2. The number of benzene rings is 2. The highest BCUT2D eigenvalue weighted by atomic mass is 35.5. The highest BCUT2D eigenvalue weighted by Gasteiger charge is 2.13. The Morgan fingerprint density at radius 2 is 1.79 bits per heavy atom.